The molecule has 0 atom stereocenters. The minimum atomic E-state index is -0.444. The van der Waals surface area contributed by atoms with Crippen molar-refractivity contribution in [2.24, 2.45) is 5.92 Å². The van der Waals surface area contributed by atoms with Crippen LogP contribution >= 0.6 is 0 Å². The predicted molar refractivity (Wildman–Crippen MR) is 49.6 cm³/mol. The van der Waals surface area contributed by atoms with Gasteiger partial charge in [-0.05, 0) is 18.8 Å². The predicted octanol–water partition coefficient (Wildman–Crippen LogP) is 0.972. The highest BCUT2D eigenvalue weighted by Gasteiger charge is 2.20. The summed E-state index contributed by atoms with van der Waals surface area (Å²) in [5, 5.41) is 17.6. The lowest BCUT2D eigenvalue weighted by atomic mass is 9.99. The van der Waals surface area contributed by atoms with E-state index in [1.165, 1.54) is 0 Å². The van der Waals surface area contributed by atoms with Gasteiger partial charge in [-0.2, -0.15) is 0 Å². The Labute approximate surface area is 77.4 Å². The second-order valence-electron chi connectivity index (χ2n) is 3.61. The fourth-order valence-electron chi connectivity index (χ4n) is 1.50. The van der Waals surface area contributed by atoms with Gasteiger partial charge in [0.05, 0.1) is 0 Å². The topological polar surface area (TPSA) is 70.2 Å². The highest BCUT2D eigenvalue weighted by atomic mass is 16.6. The Kier molecular flexibility index (Phi) is 3.22. The summed E-state index contributed by atoms with van der Waals surface area (Å²) in [4.78, 5) is 11.5. The maximum atomic E-state index is 10.2. The quantitative estimate of drug-likeness (QED) is 0.301. The maximum Gasteiger partial charge on any atom is 0.259 e. The van der Waals surface area contributed by atoms with Gasteiger partial charge in [-0.25, -0.2) is 0 Å². The third kappa shape index (κ3) is 3.01. The fraction of sp³-hybridized carbons (Fsp3) is 0.875. The van der Waals surface area contributed by atoms with Crippen molar-refractivity contribution in [1.29, 1.82) is 5.41 Å². The van der Waals surface area contributed by atoms with Crippen LogP contribution in [-0.2, 0) is 0 Å². The smallest absolute Gasteiger partial charge is 0.259 e. The summed E-state index contributed by atoms with van der Waals surface area (Å²) in [5.41, 5.74) is 0. The molecule has 0 spiro atoms. The van der Waals surface area contributed by atoms with Gasteiger partial charge in [-0.15, -0.1) is 0 Å². The van der Waals surface area contributed by atoms with E-state index in [4.69, 9.17) is 5.41 Å². The van der Waals surface area contributed by atoms with Gasteiger partial charge in [0.2, 0.25) is 0 Å². The SMILES string of the molecule is CC1CCN(C(=N)C[N+](=O)[O-])CC1. The molecule has 1 fully saturated rings. The molecule has 0 saturated carbocycles. The van der Waals surface area contributed by atoms with E-state index < -0.39 is 4.92 Å². The van der Waals surface area contributed by atoms with Gasteiger partial charge in [0, 0.05) is 18.0 Å². The van der Waals surface area contributed by atoms with Crippen molar-refractivity contribution in [2.45, 2.75) is 19.8 Å². The number of piperidine rings is 1. The number of hydrogen-bond acceptors (Lipinski definition) is 3. The van der Waals surface area contributed by atoms with Crippen molar-refractivity contribution in [1.82, 2.24) is 4.90 Å². The minimum absolute atomic E-state index is 0.150. The van der Waals surface area contributed by atoms with Crippen LogP contribution < -0.4 is 0 Å². The zero-order chi connectivity index (χ0) is 9.84. The molecule has 13 heavy (non-hydrogen) atoms. The first kappa shape index (κ1) is 9.95. The van der Waals surface area contributed by atoms with Crippen molar-refractivity contribution in [3.8, 4) is 0 Å². The van der Waals surface area contributed by atoms with Crippen LogP contribution in [0.5, 0.6) is 0 Å². The molecule has 5 nitrogen and oxygen atoms in total. The van der Waals surface area contributed by atoms with Gasteiger partial charge in [0.1, 0.15) is 0 Å². The molecule has 0 aliphatic carbocycles. The summed E-state index contributed by atoms with van der Waals surface area (Å²) in [6, 6.07) is 0. The number of nitrogens with one attached hydrogen (secondary N) is 1. The molecule has 1 heterocycles. The lowest BCUT2D eigenvalue weighted by Gasteiger charge is -2.30. The molecule has 0 aromatic heterocycles. The van der Waals surface area contributed by atoms with Crippen LogP contribution in [-0.4, -0.2) is 35.3 Å². The van der Waals surface area contributed by atoms with Crippen LogP contribution in [0, 0.1) is 21.4 Å². The van der Waals surface area contributed by atoms with E-state index in [2.05, 4.69) is 6.92 Å². The lowest BCUT2D eigenvalue weighted by molar-refractivity contribution is -0.464. The van der Waals surface area contributed by atoms with Gasteiger partial charge in [-0.3, -0.25) is 15.5 Å². The summed E-state index contributed by atoms with van der Waals surface area (Å²) in [7, 11) is 0. The van der Waals surface area contributed by atoms with Crippen molar-refractivity contribution < 1.29 is 4.92 Å². The van der Waals surface area contributed by atoms with Crippen LogP contribution in [0.1, 0.15) is 19.8 Å². The van der Waals surface area contributed by atoms with E-state index in [1.54, 1.807) is 0 Å². The zero-order valence-corrected chi connectivity index (χ0v) is 7.82. The van der Waals surface area contributed by atoms with E-state index in [0.717, 1.165) is 25.9 Å². The normalized spacial score (nSPS) is 18.7. The fourth-order valence-corrected chi connectivity index (χ4v) is 1.50. The molecule has 0 bridgehead atoms. The van der Waals surface area contributed by atoms with E-state index in [9.17, 15) is 10.1 Å². The Morgan fingerprint density at radius 2 is 2.15 bits per heavy atom. The van der Waals surface area contributed by atoms with Crippen molar-refractivity contribution in [2.75, 3.05) is 19.6 Å². The van der Waals surface area contributed by atoms with Gasteiger partial charge < -0.3 is 4.90 Å². The van der Waals surface area contributed by atoms with Gasteiger partial charge in [-0.1, -0.05) is 6.92 Å². The molecule has 0 radical (unpaired) electrons. The first-order chi connectivity index (χ1) is 6.09. The summed E-state index contributed by atoms with van der Waals surface area (Å²) in [6.45, 7) is 3.44. The molecule has 0 aromatic rings. The summed E-state index contributed by atoms with van der Waals surface area (Å²) in [5.74, 6) is 0.844. The molecular formula is C8H15N3O2. The van der Waals surface area contributed by atoms with Crippen molar-refractivity contribution in [3.05, 3.63) is 10.1 Å². The molecule has 5 heteroatoms. The van der Waals surface area contributed by atoms with E-state index in [0.29, 0.717) is 5.92 Å². The summed E-state index contributed by atoms with van der Waals surface area (Å²) in [6.07, 6.45) is 2.08. The number of hydrogen-bond donors (Lipinski definition) is 1. The zero-order valence-electron chi connectivity index (χ0n) is 7.82. The Balaban J connectivity index is 2.36. The van der Waals surface area contributed by atoms with Gasteiger partial charge >= 0.3 is 0 Å². The van der Waals surface area contributed by atoms with Crippen molar-refractivity contribution >= 4 is 5.84 Å². The molecule has 1 N–H and O–H groups in total. The molecule has 1 aliphatic rings. The van der Waals surface area contributed by atoms with Crippen LogP contribution in [0.15, 0.2) is 0 Å². The summed E-state index contributed by atoms with van der Waals surface area (Å²) < 4.78 is 0. The number of rotatable bonds is 2. The van der Waals surface area contributed by atoms with E-state index >= 15 is 0 Å². The third-order valence-corrected chi connectivity index (χ3v) is 2.44. The average Bonchev–Trinajstić information content (AvgIpc) is 2.04. The van der Waals surface area contributed by atoms with E-state index in [1.807, 2.05) is 4.90 Å². The average molecular weight is 185 g/mol. The molecular weight excluding hydrogens is 170 g/mol. The third-order valence-electron chi connectivity index (χ3n) is 2.44. The van der Waals surface area contributed by atoms with Crippen molar-refractivity contribution in [3.63, 3.8) is 0 Å². The van der Waals surface area contributed by atoms with E-state index in [-0.39, 0.29) is 12.4 Å². The molecule has 74 valence electrons. The minimum Gasteiger partial charge on any atom is -0.355 e. The Bertz CT molecular complexity index is 209. The summed E-state index contributed by atoms with van der Waals surface area (Å²) >= 11 is 0. The first-order valence-electron chi connectivity index (χ1n) is 4.53. The Hall–Kier alpha value is -1.13. The van der Waals surface area contributed by atoms with Crippen LogP contribution in [0.3, 0.4) is 0 Å². The van der Waals surface area contributed by atoms with Gasteiger partial charge in [0.25, 0.3) is 6.54 Å². The monoisotopic (exact) mass is 185 g/mol. The molecule has 1 aliphatic heterocycles. The van der Waals surface area contributed by atoms with Crippen LogP contribution in [0.2, 0.25) is 0 Å². The Morgan fingerprint density at radius 1 is 1.62 bits per heavy atom. The maximum absolute atomic E-state index is 10.2. The molecule has 0 unspecified atom stereocenters. The highest BCUT2D eigenvalue weighted by molar-refractivity contribution is 5.80. The second kappa shape index (κ2) is 4.20. The number of likely N-dealkylation sites (tertiary alicyclic amines) is 1. The largest absolute Gasteiger partial charge is 0.355 e. The van der Waals surface area contributed by atoms with Crippen LogP contribution in [0.4, 0.5) is 0 Å². The standard InChI is InChI=1S/C8H15N3O2/c1-7-2-4-10(5-3-7)8(9)6-11(12)13/h7,9H,2-6H2,1H3. The van der Waals surface area contributed by atoms with Gasteiger partial charge in [0.15, 0.2) is 5.84 Å². The Morgan fingerprint density at radius 3 is 2.62 bits per heavy atom. The molecule has 0 aromatic carbocycles. The van der Waals surface area contributed by atoms with Crippen LogP contribution in [0.25, 0.3) is 0 Å². The number of nitro groups is 1. The second-order valence-corrected chi connectivity index (χ2v) is 3.61. The molecule has 1 saturated heterocycles. The molecule has 1 rings (SSSR count). The number of amidine groups is 1. The first-order valence-corrected chi connectivity index (χ1v) is 4.53. The molecule has 0 amide bonds. The number of nitrogens with zero attached hydrogens (tertiary/aromatic N) is 2. The highest BCUT2D eigenvalue weighted by Crippen LogP contribution is 2.15. The lowest BCUT2D eigenvalue weighted by Crippen LogP contribution is -2.40.